The molecule has 0 saturated carbocycles. The first kappa shape index (κ1) is 16.3. The van der Waals surface area contributed by atoms with Crippen LogP contribution in [0.15, 0.2) is 53.7 Å². The van der Waals surface area contributed by atoms with Crippen molar-refractivity contribution in [1.82, 2.24) is 4.90 Å². The molecule has 1 aliphatic carbocycles. The lowest BCUT2D eigenvalue weighted by Crippen LogP contribution is -2.54. The minimum Gasteiger partial charge on any atom is -0.379 e. The van der Waals surface area contributed by atoms with Crippen molar-refractivity contribution >= 4 is 17.3 Å². The van der Waals surface area contributed by atoms with Crippen molar-refractivity contribution in [3.8, 4) is 0 Å². The summed E-state index contributed by atoms with van der Waals surface area (Å²) in [4.78, 5) is 8.74. The van der Waals surface area contributed by atoms with Gasteiger partial charge in [-0.1, -0.05) is 60.1 Å². The molecule has 5 rings (SSSR count). The molecule has 3 atom stereocenters. The van der Waals surface area contributed by atoms with Crippen LogP contribution in [0.3, 0.4) is 0 Å². The number of hydrogen-bond acceptors (Lipinski definition) is 4. The van der Waals surface area contributed by atoms with Gasteiger partial charge in [0.1, 0.15) is 0 Å². The second-order valence-electron chi connectivity index (χ2n) is 7.22. The van der Waals surface area contributed by atoms with Gasteiger partial charge in [0.15, 0.2) is 0 Å². The van der Waals surface area contributed by atoms with Crippen molar-refractivity contribution in [2.45, 2.75) is 18.6 Å². The molecule has 2 aliphatic heterocycles. The van der Waals surface area contributed by atoms with Crippen LogP contribution in [0.2, 0.25) is 5.02 Å². The standard InChI is InChI=1S/C21H21ClN2O2/c1-14-17-4-2-3-5-18(17)21(24-10-12-25-13-11-24)19(14)20(23-26-21)15-6-8-16(22)9-7-15/h2-9,14,19H,10-13H2,1H3/t14-,19-,21-/m0/s1. The lowest BCUT2D eigenvalue weighted by molar-refractivity contribution is -0.186. The van der Waals surface area contributed by atoms with Crippen molar-refractivity contribution in [2.75, 3.05) is 26.3 Å². The van der Waals surface area contributed by atoms with Gasteiger partial charge in [0, 0.05) is 23.7 Å². The zero-order valence-corrected chi connectivity index (χ0v) is 15.4. The molecule has 0 unspecified atom stereocenters. The molecule has 0 N–H and O–H groups in total. The summed E-state index contributed by atoms with van der Waals surface area (Å²) in [5.74, 6) is 0.477. The highest BCUT2D eigenvalue weighted by Crippen LogP contribution is 2.57. The Balaban J connectivity index is 1.64. The number of fused-ring (bicyclic) bond motifs is 3. The Hall–Kier alpha value is -1.88. The van der Waals surface area contributed by atoms with Gasteiger partial charge in [-0.3, -0.25) is 4.90 Å². The Kier molecular flexibility index (Phi) is 3.82. The monoisotopic (exact) mass is 368 g/mol. The first-order chi connectivity index (χ1) is 12.7. The maximum absolute atomic E-state index is 6.32. The molecule has 134 valence electrons. The number of morpholine rings is 1. The highest BCUT2D eigenvalue weighted by atomic mass is 35.5. The average molecular weight is 369 g/mol. The molecular weight excluding hydrogens is 348 g/mol. The van der Waals surface area contributed by atoms with Gasteiger partial charge in [-0.2, -0.15) is 0 Å². The summed E-state index contributed by atoms with van der Waals surface area (Å²) in [6.07, 6.45) is 0. The molecule has 2 aromatic rings. The van der Waals surface area contributed by atoms with E-state index in [0.717, 1.165) is 42.6 Å². The van der Waals surface area contributed by atoms with Gasteiger partial charge in [0.2, 0.25) is 5.72 Å². The highest BCUT2D eigenvalue weighted by molar-refractivity contribution is 6.30. The van der Waals surface area contributed by atoms with E-state index in [1.165, 1.54) is 11.1 Å². The van der Waals surface area contributed by atoms with Crippen LogP contribution in [0.25, 0.3) is 0 Å². The molecule has 4 nitrogen and oxygen atoms in total. The summed E-state index contributed by atoms with van der Waals surface area (Å²) in [6, 6.07) is 16.5. The molecule has 1 fully saturated rings. The van der Waals surface area contributed by atoms with E-state index in [2.05, 4.69) is 41.2 Å². The predicted molar refractivity (Wildman–Crippen MR) is 101 cm³/mol. The van der Waals surface area contributed by atoms with Gasteiger partial charge in [0.05, 0.1) is 24.8 Å². The number of rotatable bonds is 2. The fraction of sp³-hybridized carbons (Fsp3) is 0.381. The second-order valence-corrected chi connectivity index (χ2v) is 7.66. The molecule has 0 radical (unpaired) electrons. The molecule has 26 heavy (non-hydrogen) atoms. The lowest BCUT2D eigenvalue weighted by Gasteiger charge is -2.42. The van der Waals surface area contributed by atoms with E-state index < -0.39 is 5.72 Å². The summed E-state index contributed by atoms with van der Waals surface area (Å²) in [5.41, 5.74) is 4.15. The topological polar surface area (TPSA) is 34.1 Å². The Bertz CT molecular complexity index is 861. The fourth-order valence-electron chi connectivity index (χ4n) is 4.78. The van der Waals surface area contributed by atoms with Crippen LogP contribution in [0, 0.1) is 5.92 Å². The van der Waals surface area contributed by atoms with E-state index >= 15 is 0 Å². The largest absolute Gasteiger partial charge is 0.379 e. The van der Waals surface area contributed by atoms with E-state index in [0.29, 0.717) is 5.92 Å². The van der Waals surface area contributed by atoms with Gasteiger partial charge in [0.25, 0.3) is 0 Å². The SMILES string of the molecule is C[C@H]1c2ccccc2[C@]2(N3CCOCC3)ON=C(c3ccc(Cl)cc3)[C@H]12. The maximum Gasteiger partial charge on any atom is 0.226 e. The molecular formula is C21H21ClN2O2. The van der Waals surface area contributed by atoms with Crippen molar-refractivity contribution < 1.29 is 9.57 Å². The smallest absolute Gasteiger partial charge is 0.226 e. The number of hydrogen-bond donors (Lipinski definition) is 0. The molecule has 1 saturated heterocycles. The molecule has 2 aromatic carbocycles. The normalized spacial score (nSPS) is 30.5. The third-order valence-electron chi connectivity index (χ3n) is 5.96. The van der Waals surface area contributed by atoms with Gasteiger partial charge in [-0.15, -0.1) is 0 Å². The second kappa shape index (κ2) is 6.08. The van der Waals surface area contributed by atoms with E-state index in [1.54, 1.807) is 0 Å². The molecule has 5 heteroatoms. The molecule has 0 amide bonds. The average Bonchev–Trinajstić information content (AvgIpc) is 3.20. The first-order valence-electron chi connectivity index (χ1n) is 9.16. The highest BCUT2D eigenvalue weighted by Gasteiger charge is 2.62. The van der Waals surface area contributed by atoms with Crippen molar-refractivity contribution in [2.24, 2.45) is 11.1 Å². The first-order valence-corrected chi connectivity index (χ1v) is 9.54. The summed E-state index contributed by atoms with van der Waals surface area (Å²) < 4.78 is 5.59. The minimum atomic E-state index is -0.533. The minimum absolute atomic E-state index is 0.152. The van der Waals surface area contributed by atoms with E-state index in [9.17, 15) is 0 Å². The summed E-state index contributed by atoms with van der Waals surface area (Å²) >= 11 is 6.09. The van der Waals surface area contributed by atoms with E-state index in [-0.39, 0.29) is 5.92 Å². The van der Waals surface area contributed by atoms with Crippen LogP contribution >= 0.6 is 11.6 Å². The zero-order chi connectivity index (χ0) is 17.7. The molecule has 0 bridgehead atoms. The van der Waals surface area contributed by atoms with E-state index in [1.807, 2.05) is 24.3 Å². The molecule has 0 spiro atoms. The van der Waals surface area contributed by atoms with Crippen LogP contribution in [0.5, 0.6) is 0 Å². The Morgan fingerprint density at radius 3 is 2.58 bits per heavy atom. The number of oxime groups is 1. The van der Waals surface area contributed by atoms with Gasteiger partial charge >= 0.3 is 0 Å². The van der Waals surface area contributed by atoms with Crippen molar-refractivity contribution in [3.63, 3.8) is 0 Å². The maximum atomic E-state index is 6.32. The Morgan fingerprint density at radius 2 is 1.81 bits per heavy atom. The van der Waals surface area contributed by atoms with E-state index in [4.69, 9.17) is 21.2 Å². The Labute approximate surface area is 158 Å². The quantitative estimate of drug-likeness (QED) is 0.803. The predicted octanol–water partition coefficient (Wildman–Crippen LogP) is 3.99. The molecule has 2 heterocycles. The van der Waals surface area contributed by atoms with Gasteiger partial charge < -0.3 is 9.57 Å². The third kappa shape index (κ3) is 2.19. The number of benzene rings is 2. The number of halogens is 1. The molecule has 3 aliphatic rings. The fourth-order valence-corrected chi connectivity index (χ4v) is 4.91. The van der Waals surface area contributed by atoms with Crippen LogP contribution < -0.4 is 0 Å². The summed E-state index contributed by atoms with van der Waals surface area (Å²) in [7, 11) is 0. The third-order valence-corrected chi connectivity index (χ3v) is 6.21. The Morgan fingerprint density at radius 1 is 1.08 bits per heavy atom. The van der Waals surface area contributed by atoms with Crippen LogP contribution in [-0.2, 0) is 15.3 Å². The van der Waals surface area contributed by atoms with Crippen molar-refractivity contribution in [1.29, 1.82) is 0 Å². The van der Waals surface area contributed by atoms with Gasteiger partial charge in [-0.05, 0) is 29.2 Å². The molecule has 0 aromatic heterocycles. The van der Waals surface area contributed by atoms with Crippen LogP contribution in [0.4, 0.5) is 0 Å². The number of nitrogens with zero attached hydrogens (tertiary/aromatic N) is 2. The summed E-state index contributed by atoms with van der Waals surface area (Å²) in [5, 5.41) is 5.34. The number of ether oxygens (including phenoxy) is 1. The summed E-state index contributed by atoms with van der Waals surface area (Å²) in [6.45, 7) is 5.43. The van der Waals surface area contributed by atoms with Crippen LogP contribution in [0.1, 0.15) is 29.5 Å². The lowest BCUT2D eigenvalue weighted by atomic mass is 9.82. The van der Waals surface area contributed by atoms with Crippen molar-refractivity contribution in [3.05, 3.63) is 70.2 Å². The zero-order valence-electron chi connectivity index (χ0n) is 14.7. The van der Waals surface area contributed by atoms with Crippen LogP contribution in [-0.4, -0.2) is 36.9 Å². The van der Waals surface area contributed by atoms with Gasteiger partial charge in [-0.25, -0.2) is 0 Å².